The van der Waals surface area contributed by atoms with Crippen LogP contribution in [0.3, 0.4) is 0 Å². The van der Waals surface area contributed by atoms with E-state index in [0.29, 0.717) is 12.0 Å². The highest BCUT2D eigenvalue weighted by atomic mass is 16.5. The van der Waals surface area contributed by atoms with Crippen LogP contribution in [0.25, 0.3) is 0 Å². The Morgan fingerprint density at radius 3 is 2.92 bits per heavy atom. The van der Waals surface area contributed by atoms with Crippen molar-refractivity contribution >= 4 is 0 Å². The summed E-state index contributed by atoms with van der Waals surface area (Å²) < 4.78 is 5.13. The van der Waals surface area contributed by atoms with E-state index in [1.54, 1.807) is 7.11 Å². The molecule has 1 aliphatic rings. The standard InChI is InChI=1S/C11H19NO/c1-9(12-2)8-10-4-6-11(13-3)7-5-10/h4,6-7,9-10,12H,5,8H2,1-3H3/i4+1,5+1,6+1,7+1,10+1,11+1. The monoisotopic (exact) mass is 187 g/mol. The predicted octanol–water partition coefficient (Wildman–Crippen LogP) is 2.09. The lowest BCUT2D eigenvalue weighted by Gasteiger charge is -2.19. The van der Waals surface area contributed by atoms with E-state index in [1.165, 1.54) is 6.42 Å². The summed E-state index contributed by atoms with van der Waals surface area (Å²) in [7, 11) is 3.72. The van der Waals surface area contributed by atoms with Gasteiger partial charge in [-0.25, -0.2) is 0 Å². The van der Waals surface area contributed by atoms with Crippen LogP contribution in [0, 0.1) is 5.92 Å². The largest absolute Gasteiger partial charge is 0.497 e. The average molecular weight is 187 g/mol. The molecule has 2 unspecified atom stereocenters. The Labute approximate surface area is 80.7 Å². The molecule has 0 amide bonds. The molecule has 2 atom stereocenters. The highest BCUT2D eigenvalue weighted by Gasteiger charge is 2.11. The second kappa shape index (κ2) is 5.07. The first-order chi connectivity index (χ1) is 6.26. The van der Waals surface area contributed by atoms with Gasteiger partial charge < -0.3 is 10.1 Å². The number of ether oxygens (including phenoxy) is 1. The van der Waals surface area contributed by atoms with Crippen LogP contribution in [-0.2, 0) is 4.74 Å². The number of rotatable bonds is 4. The minimum atomic E-state index is 0.590. The third-order valence-electron chi connectivity index (χ3n) is 2.54. The Bertz CT molecular complexity index is 208. The summed E-state index contributed by atoms with van der Waals surface area (Å²) in [5.41, 5.74) is 0. The zero-order chi connectivity index (χ0) is 9.68. The molecule has 74 valence electrons. The van der Waals surface area contributed by atoms with Gasteiger partial charge in [0.05, 0.1) is 7.11 Å². The molecule has 0 aromatic rings. The van der Waals surface area contributed by atoms with Gasteiger partial charge in [0, 0.05) is 6.04 Å². The predicted molar refractivity (Wildman–Crippen MR) is 55.5 cm³/mol. The molecule has 0 radical (unpaired) electrons. The van der Waals surface area contributed by atoms with E-state index >= 15 is 0 Å². The molecule has 1 aliphatic carbocycles. The van der Waals surface area contributed by atoms with Crippen LogP contribution < -0.4 is 5.32 Å². The van der Waals surface area contributed by atoms with E-state index in [2.05, 4.69) is 30.5 Å². The molecule has 0 saturated heterocycles. The van der Waals surface area contributed by atoms with Gasteiger partial charge in [0.2, 0.25) is 0 Å². The topological polar surface area (TPSA) is 21.3 Å². The molecule has 0 aromatic heterocycles. The van der Waals surface area contributed by atoms with Crippen LogP contribution in [-0.4, -0.2) is 20.2 Å². The van der Waals surface area contributed by atoms with Gasteiger partial charge in [0.15, 0.2) is 0 Å². The smallest absolute Gasteiger partial charge is 0.114 e. The van der Waals surface area contributed by atoms with Crippen molar-refractivity contribution in [1.82, 2.24) is 5.32 Å². The lowest BCUT2D eigenvalue weighted by molar-refractivity contribution is 0.300. The molecule has 1 N–H and O–H groups in total. The molecule has 1 rings (SSSR count). The first-order valence-corrected chi connectivity index (χ1v) is 4.86. The van der Waals surface area contributed by atoms with Crippen LogP contribution in [0.5, 0.6) is 0 Å². The first kappa shape index (κ1) is 10.3. The molecular formula is C11H19NO. The fourth-order valence-electron chi connectivity index (χ4n) is 1.54. The number of allylic oxidation sites excluding steroid dienone is 3. The van der Waals surface area contributed by atoms with Crippen LogP contribution in [0.1, 0.15) is 19.8 Å². The lowest BCUT2D eigenvalue weighted by Crippen LogP contribution is -2.24. The molecule has 2 heteroatoms. The van der Waals surface area contributed by atoms with Crippen molar-refractivity contribution in [1.29, 1.82) is 0 Å². The SMILES string of the molecule is CNC(C)C[13CH]1[13CH]=[13CH][13C](OC)=[13CH][13CH2]1. The summed E-state index contributed by atoms with van der Waals surface area (Å²) in [6, 6.07) is 0.590. The quantitative estimate of drug-likeness (QED) is 0.680. The van der Waals surface area contributed by atoms with Crippen molar-refractivity contribution in [2.45, 2.75) is 25.8 Å². The number of methoxy groups -OCH3 is 1. The zero-order valence-corrected chi connectivity index (χ0v) is 8.71. The molecule has 0 bridgehead atoms. The Balaban J connectivity index is 2.35. The Morgan fingerprint density at radius 1 is 1.69 bits per heavy atom. The highest BCUT2D eigenvalue weighted by Crippen LogP contribution is 2.20. The van der Waals surface area contributed by atoms with Crippen molar-refractivity contribution in [3.63, 3.8) is 0 Å². The van der Waals surface area contributed by atoms with Crippen molar-refractivity contribution < 1.29 is 4.74 Å². The summed E-state index contributed by atoms with van der Waals surface area (Å²) in [5.74, 6) is 1.66. The zero-order valence-electron chi connectivity index (χ0n) is 8.71. The van der Waals surface area contributed by atoms with E-state index in [-0.39, 0.29) is 0 Å². The highest BCUT2D eigenvalue weighted by molar-refractivity contribution is 5.18. The van der Waals surface area contributed by atoms with Crippen LogP contribution in [0.2, 0.25) is 0 Å². The molecule has 0 aromatic carbocycles. The van der Waals surface area contributed by atoms with E-state index < -0.39 is 0 Å². The number of hydrogen-bond donors (Lipinski definition) is 1. The van der Waals surface area contributed by atoms with Crippen molar-refractivity contribution in [3.8, 4) is 0 Å². The van der Waals surface area contributed by atoms with Gasteiger partial charge in [-0.1, -0.05) is 6.08 Å². The Hall–Kier alpha value is -0.760. The molecule has 0 aliphatic heterocycles. The van der Waals surface area contributed by atoms with Crippen LogP contribution in [0.15, 0.2) is 24.0 Å². The second-order valence-corrected chi connectivity index (χ2v) is 3.59. The van der Waals surface area contributed by atoms with E-state index in [0.717, 1.165) is 12.2 Å². The minimum Gasteiger partial charge on any atom is -0.497 e. The van der Waals surface area contributed by atoms with Crippen molar-refractivity contribution in [2.75, 3.05) is 14.2 Å². The van der Waals surface area contributed by atoms with E-state index in [9.17, 15) is 0 Å². The molecule has 2 nitrogen and oxygen atoms in total. The molecular weight excluding hydrogens is 168 g/mol. The van der Waals surface area contributed by atoms with E-state index in [1.807, 2.05) is 7.05 Å². The molecule has 0 saturated carbocycles. The maximum absolute atomic E-state index is 5.13. The fraction of sp³-hybridized carbons (Fsp3) is 0.636. The fourth-order valence-corrected chi connectivity index (χ4v) is 1.54. The average Bonchev–Trinajstić information content (AvgIpc) is 2.19. The van der Waals surface area contributed by atoms with Gasteiger partial charge in [-0.3, -0.25) is 0 Å². The lowest BCUT2D eigenvalue weighted by atomic mass is 10.3. The van der Waals surface area contributed by atoms with Gasteiger partial charge >= 0.3 is 0 Å². The molecule has 0 fully saturated rings. The second-order valence-electron chi connectivity index (χ2n) is 3.59. The van der Waals surface area contributed by atoms with Crippen molar-refractivity contribution in [3.05, 3.63) is 24.0 Å². The summed E-state index contributed by atoms with van der Waals surface area (Å²) in [6.45, 7) is 2.21. The molecule has 0 heterocycles. The maximum Gasteiger partial charge on any atom is 0.114 e. The third-order valence-corrected chi connectivity index (χ3v) is 2.54. The van der Waals surface area contributed by atoms with Gasteiger partial charge in [0.1, 0.15) is 5.76 Å². The molecule has 0 spiro atoms. The Kier molecular flexibility index (Phi) is 4.03. The first-order valence-electron chi connectivity index (χ1n) is 4.86. The summed E-state index contributed by atoms with van der Waals surface area (Å²) >= 11 is 0. The van der Waals surface area contributed by atoms with Crippen molar-refractivity contribution in [2.24, 2.45) is 5.92 Å². The van der Waals surface area contributed by atoms with Crippen LogP contribution in [0.4, 0.5) is 0 Å². The summed E-state index contributed by atoms with van der Waals surface area (Å²) in [5, 5.41) is 3.25. The summed E-state index contributed by atoms with van der Waals surface area (Å²) in [6.07, 6.45) is 8.77. The number of nitrogens with one attached hydrogen (secondary N) is 1. The van der Waals surface area contributed by atoms with E-state index in [4.69, 9.17) is 4.74 Å². The third kappa shape index (κ3) is 3.23. The minimum absolute atomic E-state index is 0.590. The normalized spacial score (nSPS) is 23.9. The molecule has 13 heavy (non-hydrogen) atoms. The van der Waals surface area contributed by atoms with Gasteiger partial charge in [-0.2, -0.15) is 0 Å². The summed E-state index contributed by atoms with van der Waals surface area (Å²) in [4.78, 5) is 0. The van der Waals surface area contributed by atoms with Gasteiger partial charge in [-0.15, -0.1) is 0 Å². The maximum atomic E-state index is 5.13. The van der Waals surface area contributed by atoms with Gasteiger partial charge in [0.25, 0.3) is 0 Å². The van der Waals surface area contributed by atoms with Gasteiger partial charge in [-0.05, 0) is 44.9 Å². The Morgan fingerprint density at radius 2 is 2.46 bits per heavy atom. The number of hydrogen-bond acceptors (Lipinski definition) is 2. The van der Waals surface area contributed by atoms with Crippen LogP contribution >= 0.6 is 0 Å².